The van der Waals surface area contributed by atoms with Gasteiger partial charge in [-0.2, -0.15) is 0 Å². The molecule has 0 saturated heterocycles. The average Bonchev–Trinajstić information content (AvgIpc) is 2.60. The lowest BCUT2D eigenvalue weighted by Crippen LogP contribution is -2.14. The fourth-order valence-electron chi connectivity index (χ4n) is 1.73. The predicted molar refractivity (Wildman–Crippen MR) is 69.9 cm³/mol. The van der Waals surface area contributed by atoms with Crippen molar-refractivity contribution in [2.45, 2.75) is 6.42 Å². The number of aromatic nitrogens is 2. The van der Waals surface area contributed by atoms with Gasteiger partial charge in [0.1, 0.15) is 5.69 Å². The topological polar surface area (TPSA) is 75.1 Å². The maximum Gasteiger partial charge on any atom is 0.354 e. The number of rotatable bonds is 3. The van der Waals surface area contributed by atoms with Crippen LogP contribution in [0.25, 0.3) is 0 Å². The van der Waals surface area contributed by atoms with E-state index in [4.69, 9.17) is 5.11 Å². The standard InChI is InChI=1S/C12H11BrN2O3/c1-15-9(10(11(16)17)14-12(15)18)6-7-2-4-8(13)5-3-7/h2-5H,6H2,1H3,(H,14,18)(H,16,17). The number of H-pyrrole nitrogens is 1. The number of imidazole rings is 1. The Bertz CT molecular complexity index is 640. The second kappa shape index (κ2) is 4.81. The molecular weight excluding hydrogens is 300 g/mol. The molecule has 2 N–H and O–H groups in total. The van der Waals surface area contributed by atoms with Crippen LogP contribution in [0.5, 0.6) is 0 Å². The van der Waals surface area contributed by atoms with Gasteiger partial charge < -0.3 is 5.11 Å². The molecule has 0 amide bonds. The molecule has 1 aromatic carbocycles. The lowest BCUT2D eigenvalue weighted by atomic mass is 10.1. The Balaban J connectivity index is 2.42. The zero-order valence-electron chi connectivity index (χ0n) is 9.61. The number of hydrogen-bond acceptors (Lipinski definition) is 2. The van der Waals surface area contributed by atoms with Crippen molar-refractivity contribution in [2.75, 3.05) is 0 Å². The molecule has 6 heteroatoms. The third-order valence-corrected chi connectivity index (χ3v) is 3.26. The van der Waals surface area contributed by atoms with Crippen molar-refractivity contribution in [2.24, 2.45) is 7.05 Å². The smallest absolute Gasteiger partial charge is 0.354 e. The molecule has 0 spiro atoms. The number of benzene rings is 1. The number of nitrogens with zero attached hydrogens (tertiary/aromatic N) is 1. The largest absolute Gasteiger partial charge is 0.477 e. The summed E-state index contributed by atoms with van der Waals surface area (Å²) in [6.45, 7) is 0. The first kappa shape index (κ1) is 12.6. The summed E-state index contributed by atoms with van der Waals surface area (Å²) in [5.74, 6) is -1.13. The third kappa shape index (κ3) is 2.38. The van der Waals surface area contributed by atoms with Crippen molar-refractivity contribution >= 4 is 21.9 Å². The normalized spacial score (nSPS) is 10.6. The van der Waals surface area contributed by atoms with Crippen molar-refractivity contribution in [3.8, 4) is 0 Å². The van der Waals surface area contributed by atoms with E-state index in [9.17, 15) is 9.59 Å². The molecular formula is C12H11BrN2O3. The summed E-state index contributed by atoms with van der Waals surface area (Å²) < 4.78 is 2.28. The van der Waals surface area contributed by atoms with Gasteiger partial charge in [-0.05, 0) is 17.7 Å². The molecule has 0 saturated carbocycles. The van der Waals surface area contributed by atoms with Gasteiger partial charge in [-0.25, -0.2) is 9.59 Å². The molecule has 0 atom stereocenters. The van der Waals surface area contributed by atoms with E-state index in [1.165, 1.54) is 4.57 Å². The van der Waals surface area contributed by atoms with Gasteiger partial charge in [0.2, 0.25) is 0 Å². The van der Waals surface area contributed by atoms with Gasteiger partial charge in [0.05, 0.1) is 5.69 Å². The Labute approximate surface area is 111 Å². The van der Waals surface area contributed by atoms with Crippen LogP contribution < -0.4 is 5.69 Å². The first-order chi connectivity index (χ1) is 8.49. The molecule has 1 heterocycles. The van der Waals surface area contributed by atoms with Crippen LogP contribution in [0.2, 0.25) is 0 Å². The van der Waals surface area contributed by atoms with Crippen molar-refractivity contribution in [1.82, 2.24) is 9.55 Å². The molecule has 0 aliphatic heterocycles. The fourth-order valence-corrected chi connectivity index (χ4v) is 2.00. The first-order valence-corrected chi connectivity index (χ1v) is 6.04. The van der Waals surface area contributed by atoms with Crippen LogP contribution in [0, 0.1) is 0 Å². The summed E-state index contributed by atoms with van der Waals surface area (Å²) in [4.78, 5) is 24.8. The summed E-state index contributed by atoms with van der Waals surface area (Å²) in [6, 6.07) is 7.52. The van der Waals surface area contributed by atoms with Crippen molar-refractivity contribution in [3.63, 3.8) is 0 Å². The highest BCUT2D eigenvalue weighted by Crippen LogP contribution is 2.15. The predicted octanol–water partition coefficient (Wildman–Crippen LogP) is 1.76. The molecule has 0 aliphatic carbocycles. The van der Waals surface area contributed by atoms with Gasteiger partial charge in [-0.15, -0.1) is 0 Å². The van der Waals surface area contributed by atoms with Gasteiger partial charge in [-0.1, -0.05) is 28.1 Å². The Hall–Kier alpha value is -1.82. The number of carboxylic acid groups (broad SMARTS) is 1. The van der Waals surface area contributed by atoms with Crippen LogP contribution in [0.1, 0.15) is 21.7 Å². The first-order valence-electron chi connectivity index (χ1n) is 5.24. The maximum atomic E-state index is 11.4. The number of aromatic carboxylic acids is 1. The summed E-state index contributed by atoms with van der Waals surface area (Å²) in [6.07, 6.45) is 0.393. The van der Waals surface area contributed by atoms with E-state index in [-0.39, 0.29) is 5.69 Å². The number of carboxylic acids is 1. The minimum absolute atomic E-state index is 0.0505. The molecule has 1 aromatic heterocycles. The number of halogens is 1. The highest BCUT2D eigenvalue weighted by atomic mass is 79.9. The van der Waals surface area contributed by atoms with Gasteiger partial charge >= 0.3 is 11.7 Å². The zero-order chi connectivity index (χ0) is 13.3. The summed E-state index contributed by atoms with van der Waals surface area (Å²) in [5.41, 5.74) is 0.940. The van der Waals surface area contributed by atoms with Crippen LogP contribution >= 0.6 is 15.9 Å². The van der Waals surface area contributed by atoms with Crippen molar-refractivity contribution in [3.05, 3.63) is 56.2 Å². The molecule has 18 heavy (non-hydrogen) atoms. The van der Waals surface area contributed by atoms with E-state index >= 15 is 0 Å². The molecule has 2 aromatic rings. The highest BCUT2D eigenvalue weighted by molar-refractivity contribution is 9.10. The second-order valence-corrected chi connectivity index (χ2v) is 4.83. The van der Waals surface area contributed by atoms with Gasteiger partial charge in [0, 0.05) is 17.9 Å². The number of aromatic amines is 1. The number of hydrogen-bond donors (Lipinski definition) is 2. The fraction of sp³-hybridized carbons (Fsp3) is 0.167. The maximum absolute atomic E-state index is 11.4. The van der Waals surface area contributed by atoms with Crippen molar-refractivity contribution in [1.29, 1.82) is 0 Å². The Morgan fingerprint density at radius 3 is 2.56 bits per heavy atom. The molecule has 2 rings (SSSR count). The lowest BCUT2D eigenvalue weighted by Gasteiger charge is -2.04. The monoisotopic (exact) mass is 310 g/mol. The Morgan fingerprint density at radius 1 is 1.39 bits per heavy atom. The molecule has 5 nitrogen and oxygen atoms in total. The van der Waals surface area contributed by atoms with Crippen LogP contribution in [-0.2, 0) is 13.5 Å². The molecule has 94 valence electrons. The van der Waals surface area contributed by atoms with Crippen molar-refractivity contribution < 1.29 is 9.90 Å². The molecule has 0 bridgehead atoms. The van der Waals surface area contributed by atoms with Crippen LogP contribution in [0.3, 0.4) is 0 Å². The van der Waals surface area contributed by atoms with Gasteiger partial charge in [0.15, 0.2) is 0 Å². The lowest BCUT2D eigenvalue weighted by molar-refractivity contribution is 0.0689. The molecule has 0 fully saturated rings. The average molecular weight is 311 g/mol. The van der Waals surface area contributed by atoms with Gasteiger partial charge in [0.25, 0.3) is 0 Å². The highest BCUT2D eigenvalue weighted by Gasteiger charge is 2.17. The quantitative estimate of drug-likeness (QED) is 0.907. The van der Waals surface area contributed by atoms with Crippen LogP contribution in [-0.4, -0.2) is 20.6 Å². The minimum Gasteiger partial charge on any atom is -0.477 e. The molecule has 0 radical (unpaired) electrons. The second-order valence-electron chi connectivity index (χ2n) is 3.92. The third-order valence-electron chi connectivity index (χ3n) is 2.73. The van der Waals surface area contributed by atoms with E-state index in [2.05, 4.69) is 20.9 Å². The summed E-state index contributed by atoms with van der Waals surface area (Å²) in [7, 11) is 1.56. The molecule has 0 aliphatic rings. The summed E-state index contributed by atoms with van der Waals surface area (Å²) in [5, 5.41) is 9.03. The van der Waals surface area contributed by atoms with E-state index in [1.807, 2.05) is 24.3 Å². The van der Waals surface area contributed by atoms with E-state index in [0.29, 0.717) is 12.1 Å². The number of nitrogens with one attached hydrogen (secondary N) is 1. The zero-order valence-corrected chi connectivity index (χ0v) is 11.2. The van der Waals surface area contributed by atoms with Crippen LogP contribution in [0.4, 0.5) is 0 Å². The number of carbonyl (C=O) groups is 1. The van der Waals surface area contributed by atoms with Crippen LogP contribution in [0.15, 0.2) is 33.5 Å². The molecule has 0 unspecified atom stereocenters. The van der Waals surface area contributed by atoms with E-state index < -0.39 is 11.7 Å². The Morgan fingerprint density at radius 2 is 2.00 bits per heavy atom. The SMILES string of the molecule is Cn1c(Cc2ccc(Br)cc2)c(C(=O)O)[nH]c1=O. The Kier molecular flexibility index (Phi) is 3.38. The van der Waals surface area contributed by atoms with Gasteiger partial charge in [-0.3, -0.25) is 9.55 Å². The van der Waals surface area contributed by atoms with E-state index in [1.54, 1.807) is 7.05 Å². The van der Waals surface area contributed by atoms with E-state index in [0.717, 1.165) is 10.0 Å². The minimum atomic E-state index is -1.13. The summed E-state index contributed by atoms with van der Waals surface area (Å²) >= 11 is 3.33.